The molecule has 0 aliphatic carbocycles. The lowest BCUT2D eigenvalue weighted by molar-refractivity contribution is -0.120. The van der Waals surface area contributed by atoms with Crippen molar-refractivity contribution in [3.8, 4) is 5.75 Å². The molecule has 116 valence electrons. The fourth-order valence-corrected chi connectivity index (χ4v) is 2.19. The molecule has 5 nitrogen and oxygen atoms in total. The largest absolute Gasteiger partial charge is 0.491 e. The number of hydrogen-bond donors (Lipinski definition) is 2. The summed E-state index contributed by atoms with van der Waals surface area (Å²) in [6, 6.07) is 4.74. The van der Waals surface area contributed by atoms with Crippen molar-refractivity contribution in [3.63, 3.8) is 0 Å². The molecular weight excluding hydrogens is 275 g/mol. The van der Waals surface area contributed by atoms with E-state index in [0.717, 1.165) is 12.8 Å². The maximum atomic E-state index is 13.7. The van der Waals surface area contributed by atoms with Crippen molar-refractivity contribution >= 4 is 11.6 Å². The summed E-state index contributed by atoms with van der Waals surface area (Å²) >= 11 is 0. The molecule has 0 atom stereocenters. The van der Waals surface area contributed by atoms with Gasteiger partial charge in [-0.05, 0) is 31.9 Å². The van der Waals surface area contributed by atoms with Crippen LogP contribution in [0.15, 0.2) is 18.2 Å². The van der Waals surface area contributed by atoms with Crippen LogP contribution >= 0.6 is 0 Å². The van der Waals surface area contributed by atoms with Gasteiger partial charge in [-0.2, -0.15) is 0 Å². The topological polar surface area (TPSA) is 59.6 Å². The van der Waals surface area contributed by atoms with Crippen molar-refractivity contribution in [1.29, 1.82) is 0 Å². The Kier molecular flexibility index (Phi) is 5.80. The number of anilines is 1. The van der Waals surface area contributed by atoms with Gasteiger partial charge in [0.1, 0.15) is 0 Å². The van der Waals surface area contributed by atoms with E-state index in [2.05, 4.69) is 10.6 Å². The summed E-state index contributed by atoms with van der Waals surface area (Å²) in [5.41, 5.74) is 0.554. The Morgan fingerprint density at radius 3 is 2.86 bits per heavy atom. The first-order valence-electron chi connectivity index (χ1n) is 7.22. The molecule has 1 aromatic carbocycles. The zero-order valence-corrected chi connectivity index (χ0v) is 12.2. The lowest BCUT2D eigenvalue weighted by atomic mass is 10.1. The van der Waals surface area contributed by atoms with Crippen LogP contribution in [0, 0.1) is 5.82 Å². The highest BCUT2D eigenvalue weighted by atomic mass is 19.1. The number of carbonyl (C=O) groups is 1. The molecular formula is C15H21FN2O3. The van der Waals surface area contributed by atoms with Crippen molar-refractivity contribution < 1.29 is 18.7 Å². The normalized spacial score (nSPS) is 15.5. The van der Waals surface area contributed by atoms with E-state index in [1.807, 2.05) is 0 Å². The maximum absolute atomic E-state index is 13.7. The van der Waals surface area contributed by atoms with Gasteiger partial charge in [0.15, 0.2) is 11.6 Å². The Hall–Kier alpha value is -1.82. The summed E-state index contributed by atoms with van der Waals surface area (Å²) in [7, 11) is 0. The third kappa shape index (κ3) is 4.90. The molecule has 1 heterocycles. The van der Waals surface area contributed by atoms with E-state index >= 15 is 0 Å². The second-order valence-electron chi connectivity index (χ2n) is 4.89. The van der Waals surface area contributed by atoms with Gasteiger partial charge in [0, 0.05) is 31.0 Å². The Morgan fingerprint density at radius 1 is 1.43 bits per heavy atom. The molecule has 1 aromatic rings. The van der Waals surface area contributed by atoms with Crippen molar-refractivity contribution in [2.24, 2.45) is 0 Å². The minimum atomic E-state index is -0.438. The Morgan fingerprint density at radius 2 is 2.19 bits per heavy atom. The van der Waals surface area contributed by atoms with Crippen molar-refractivity contribution in [3.05, 3.63) is 24.0 Å². The number of hydrogen-bond acceptors (Lipinski definition) is 4. The average molecular weight is 296 g/mol. The van der Waals surface area contributed by atoms with Gasteiger partial charge in [-0.3, -0.25) is 4.79 Å². The average Bonchev–Trinajstić information content (AvgIpc) is 2.49. The third-order valence-corrected chi connectivity index (χ3v) is 3.27. The second-order valence-corrected chi connectivity index (χ2v) is 4.89. The van der Waals surface area contributed by atoms with Crippen LogP contribution in [0.5, 0.6) is 5.75 Å². The highest BCUT2D eigenvalue weighted by Gasteiger charge is 2.15. The Balaban J connectivity index is 1.79. The summed E-state index contributed by atoms with van der Waals surface area (Å²) in [6.07, 6.45) is 1.67. The summed E-state index contributed by atoms with van der Waals surface area (Å²) in [4.78, 5) is 11.8. The fourth-order valence-electron chi connectivity index (χ4n) is 2.19. The number of rotatable bonds is 6. The predicted molar refractivity (Wildman–Crippen MR) is 78.0 cm³/mol. The monoisotopic (exact) mass is 296 g/mol. The van der Waals surface area contributed by atoms with E-state index in [1.165, 1.54) is 6.07 Å². The van der Waals surface area contributed by atoms with Gasteiger partial charge >= 0.3 is 0 Å². The number of benzene rings is 1. The van der Waals surface area contributed by atoms with Crippen LogP contribution in [-0.4, -0.2) is 38.3 Å². The standard InChI is InChI=1S/C15H21FN2O3/c1-2-21-14-4-3-12(9-13(14)16)17-10-15(19)18-11-5-7-20-8-6-11/h3-4,9,11,17H,2,5-8,10H2,1H3,(H,18,19). The predicted octanol–water partition coefficient (Wildman–Crippen LogP) is 1.93. The molecule has 6 heteroatoms. The number of nitrogens with one attached hydrogen (secondary N) is 2. The minimum Gasteiger partial charge on any atom is -0.491 e. The Labute approximate surface area is 123 Å². The highest BCUT2D eigenvalue weighted by Crippen LogP contribution is 2.20. The molecule has 0 aromatic heterocycles. The van der Waals surface area contributed by atoms with Crippen LogP contribution in [-0.2, 0) is 9.53 Å². The molecule has 0 unspecified atom stereocenters. The van der Waals surface area contributed by atoms with Gasteiger partial charge in [-0.15, -0.1) is 0 Å². The minimum absolute atomic E-state index is 0.101. The van der Waals surface area contributed by atoms with Crippen molar-refractivity contribution in [1.82, 2.24) is 5.32 Å². The van der Waals surface area contributed by atoms with Gasteiger partial charge in [-0.1, -0.05) is 0 Å². The van der Waals surface area contributed by atoms with Gasteiger partial charge in [0.2, 0.25) is 5.91 Å². The van der Waals surface area contributed by atoms with E-state index in [9.17, 15) is 9.18 Å². The second kappa shape index (κ2) is 7.83. The van der Waals surface area contributed by atoms with Gasteiger partial charge < -0.3 is 20.1 Å². The SMILES string of the molecule is CCOc1ccc(NCC(=O)NC2CCOCC2)cc1F. The lowest BCUT2D eigenvalue weighted by Gasteiger charge is -2.23. The highest BCUT2D eigenvalue weighted by molar-refractivity contribution is 5.81. The van der Waals surface area contributed by atoms with Gasteiger partial charge in [0.25, 0.3) is 0 Å². The van der Waals surface area contributed by atoms with E-state index in [0.29, 0.717) is 25.5 Å². The van der Waals surface area contributed by atoms with E-state index in [4.69, 9.17) is 9.47 Å². The number of amides is 1. The van der Waals surface area contributed by atoms with Gasteiger partial charge in [-0.25, -0.2) is 4.39 Å². The first-order chi connectivity index (χ1) is 10.2. The molecule has 0 bridgehead atoms. The fraction of sp³-hybridized carbons (Fsp3) is 0.533. The quantitative estimate of drug-likeness (QED) is 0.842. The number of carbonyl (C=O) groups excluding carboxylic acids is 1. The van der Waals surface area contributed by atoms with Crippen LogP contribution in [0.1, 0.15) is 19.8 Å². The first-order valence-corrected chi connectivity index (χ1v) is 7.22. The number of halogens is 1. The molecule has 0 radical (unpaired) electrons. The smallest absolute Gasteiger partial charge is 0.239 e. The summed E-state index contributed by atoms with van der Waals surface area (Å²) < 4.78 is 24.0. The van der Waals surface area contributed by atoms with Crippen LogP contribution < -0.4 is 15.4 Å². The molecule has 21 heavy (non-hydrogen) atoms. The van der Waals surface area contributed by atoms with Gasteiger partial charge in [0.05, 0.1) is 13.2 Å². The molecule has 1 fully saturated rings. The van der Waals surface area contributed by atoms with E-state index in [1.54, 1.807) is 19.1 Å². The zero-order chi connectivity index (χ0) is 15.1. The molecule has 1 aliphatic rings. The molecule has 2 N–H and O–H groups in total. The maximum Gasteiger partial charge on any atom is 0.239 e. The molecule has 1 amide bonds. The Bertz CT molecular complexity index is 476. The first kappa shape index (κ1) is 15.6. The third-order valence-electron chi connectivity index (χ3n) is 3.27. The van der Waals surface area contributed by atoms with Crippen LogP contribution in [0.25, 0.3) is 0 Å². The number of ether oxygens (including phenoxy) is 2. The molecule has 1 aliphatic heterocycles. The summed E-state index contributed by atoms with van der Waals surface area (Å²) in [5, 5.41) is 5.84. The van der Waals surface area contributed by atoms with Crippen molar-refractivity contribution in [2.45, 2.75) is 25.8 Å². The zero-order valence-electron chi connectivity index (χ0n) is 12.2. The van der Waals surface area contributed by atoms with Crippen LogP contribution in [0.3, 0.4) is 0 Å². The molecule has 0 spiro atoms. The van der Waals surface area contributed by atoms with E-state index in [-0.39, 0.29) is 24.2 Å². The summed E-state index contributed by atoms with van der Waals surface area (Å²) in [5.74, 6) is -0.322. The summed E-state index contributed by atoms with van der Waals surface area (Å²) in [6.45, 7) is 3.69. The van der Waals surface area contributed by atoms with Crippen molar-refractivity contribution in [2.75, 3.05) is 31.7 Å². The molecule has 1 saturated heterocycles. The van der Waals surface area contributed by atoms with Crippen LogP contribution in [0.4, 0.5) is 10.1 Å². The van der Waals surface area contributed by atoms with E-state index < -0.39 is 5.82 Å². The lowest BCUT2D eigenvalue weighted by Crippen LogP contribution is -2.41. The van der Waals surface area contributed by atoms with Crippen LogP contribution in [0.2, 0.25) is 0 Å². The molecule has 0 saturated carbocycles. The molecule has 2 rings (SSSR count).